The van der Waals surface area contributed by atoms with Gasteiger partial charge in [0.2, 0.25) is 0 Å². The Hall–Kier alpha value is -0.950. The smallest absolute Gasteiger partial charge is 0.320 e. The maximum atomic E-state index is 11.1. The quantitative estimate of drug-likeness (QED) is 0.529. The summed E-state index contributed by atoms with van der Waals surface area (Å²) in [6, 6.07) is -0.787. The van der Waals surface area contributed by atoms with Gasteiger partial charge in [-0.05, 0) is 12.2 Å². The molecular formula is C9H17N3O3S. The van der Waals surface area contributed by atoms with Gasteiger partial charge in [0.1, 0.15) is 6.04 Å². The van der Waals surface area contributed by atoms with Crippen molar-refractivity contribution in [2.45, 2.75) is 12.5 Å². The molecule has 0 saturated carbocycles. The number of carbonyl (C=O) groups is 2. The summed E-state index contributed by atoms with van der Waals surface area (Å²) in [6.07, 6.45) is 0.464. The number of aliphatic carboxylic acids is 1. The first-order valence-corrected chi connectivity index (χ1v) is 6.35. The Labute approximate surface area is 98.5 Å². The summed E-state index contributed by atoms with van der Waals surface area (Å²) in [5.74, 6) is 0.572. The van der Waals surface area contributed by atoms with Gasteiger partial charge in [0.15, 0.2) is 0 Å². The Morgan fingerprint density at radius 1 is 1.62 bits per heavy atom. The van der Waals surface area contributed by atoms with Crippen molar-refractivity contribution in [2.24, 2.45) is 5.73 Å². The van der Waals surface area contributed by atoms with Gasteiger partial charge in [0, 0.05) is 25.4 Å². The molecule has 1 unspecified atom stereocenters. The predicted octanol–water partition coefficient (Wildman–Crippen LogP) is -0.453. The van der Waals surface area contributed by atoms with Crippen LogP contribution in [0.4, 0.5) is 4.79 Å². The highest BCUT2D eigenvalue weighted by atomic mass is 32.2. The minimum absolute atomic E-state index is 0.0113. The van der Waals surface area contributed by atoms with Crippen LogP contribution in [0.2, 0.25) is 0 Å². The molecule has 1 atom stereocenters. The molecule has 92 valence electrons. The Bertz CT molecular complexity index is 262. The lowest BCUT2D eigenvalue weighted by molar-refractivity contribution is -0.138. The number of nitrogens with zero attached hydrogens (tertiary/aromatic N) is 1. The number of nitrogens with one attached hydrogen (secondary N) is 1. The summed E-state index contributed by atoms with van der Waals surface area (Å²) in [5, 5.41) is 11.3. The van der Waals surface area contributed by atoms with E-state index in [2.05, 4.69) is 5.32 Å². The number of urea groups is 1. The second-order valence-corrected chi connectivity index (χ2v) is 4.79. The van der Waals surface area contributed by atoms with Crippen molar-refractivity contribution in [3.63, 3.8) is 0 Å². The highest BCUT2D eigenvalue weighted by Gasteiger charge is 2.18. The molecule has 16 heavy (non-hydrogen) atoms. The van der Waals surface area contributed by atoms with Crippen molar-refractivity contribution in [1.82, 2.24) is 10.2 Å². The first kappa shape index (κ1) is 13.1. The van der Waals surface area contributed by atoms with Crippen molar-refractivity contribution in [1.29, 1.82) is 0 Å². The molecule has 0 aromatic carbocycles. The number of nitrogens with two attached hydrogens (primary N) is 1. The van der Waals surface area contributed by atoms with Gasteiger partial charge in [-0.25, -0.2) is 4.79 Å². The van der Waals surface area contributed by atoms with Gasteiger partial charge >= 0.3 is 12.0 Å². The van der Waals surface area contributed by atoms with Crippen LogP contribution in [0.5, 0.6) is 0 Å². The molecule has 0 radical (unpaired) electrons. The van der Waals surface area contributed by atoms with E-state index in [1.165, 1.54) is 0 Å². The summed E-state index contributed by atoms with van der Waals surface area (Å²) in [5.41, 5.74) is 5.36. The zero-order chi connectivity index (χ0) is 12.0. The number of hydrogen-bond donors (Lipinski definition) is 3. The van der Waals surface area contributed by atoms with Crippen LogP contribution in [-0.4, -0.2) is 59.2 Å². The molecule has 1 saturated heterocycles. The monoisotopic (exact) mass is 247 g/mol. The summed E-state index contributed by atoms with van der Waals surface area (Å²) in [6.45, 7) is 2.18. The van der Waals surface area contributed by atoms with E-state index in [9.17, 15) is 9.59 Å². The molecule has 2 amide bonds. The highest BCUT2D eigenvalue weighted by molar-refractivity contribution is 7.99. The Balaban J connectivity index is 1.99. The Morgan fingerprint density at radius 2 is 2.38 bits per heavy atom. The van der Waals surface area contributed by atoms with Gasteiger partial charge in [-0.1, -0.05) is 0 Å². The van der Waals surface area contributed by atoms with Gasteiger partial charge in [-0.15, -0.1) is 0 Å². The topological polar surface area (TPSA) is 95.7 Å². The van der Waals surface area contributed by atoms with E-state index in [0.717, 1.165) is 12.3 Å². The Morgan fingerprint density at radius 3 is 2.94 bits per heavy atom. The summed E-state index contributed by atoms with van der Waals surface area (Å²) < 4.78 is 0. The van der Waals surface area contributed by atoms with Crippen LogP contribution in [-0.2, 0) is 4.79 Å². The molecule has 1 aliphatic rings. The Kier molecular flexibility index (Phi) is 5.41. The predicted molar refractivity (Wildman–Crippen MR) is 62.5 cm³/mol. The third-order valence-corrected chi connectivity index (χ3v) is 3.34. The van der Waals surface area contributed by atoms with Crippen LogP contribution in [0.25, 0.3) is 0 Å². The highest BCUT2D eigenvalue weighted by Crippen LogP contribution is 2.06. The molecule has 0 spiro atoms. The summed E-state index contributed by atoms with van der Waals surface area (Å²) in [7, 11) is 0. The van der Waals surface area contributed by atoms with Crippen LogP contribution < -0.4 is 11.1 Å². The van der Waals surface area contributed by atoms with Gasteiger partial charge in [0.25, 0.3) is 0 Å². The second-order valence-electron chi connectivity index (χ2n) is 3.56. The van der Waals surface area contributed by atoms with E-state index in [1.54, 1.807) is 16.7 Å². The van der Waals surface area contributed by atoms with E-state index < -0.39 is 12.0 Å². The van der Waals surface area contributed by atoms with Gasteiger partial charge in [-0.3, -0.25) is 4.79 Å². The van der Waals surface area contributed by atoms with Crippen LogP contribution >= 0.6 is 11.8 Å². The number of hydrogen-bond acceptors (Lipinski definition) is 4. The standard InChI is InChI=1S/C9H17N3O3S/c10-7(8(13)14)1-5-16-6-4-12-3-2-11-9(12)15/h7H,1-6,10H2,(H,11,15)(H,13,14). The van der Waals surface area contributed by atoms with Crippen LogP contribution in [0.3, 0.4) is 0 Å². The molecule has 7 heteroatoms. The molecule has 4 N–H and O–H groups in total. The summed E-state index contributed by atoms with van der Waals surface area (Å²) in [4.78, 5) is 23.3. The fraction of sp³-hybridized carbons (Fsp3) is 0.778. The molecule has 0 aromatic rings. The number of thioether (sulfide) groups is 1. The lowest BCUT2D eigenvalue weighted by Crippen LogP contribution is -2.31. The average Bonchev–Trinajstić information content (AvgIpc) is 2.63. The maximum Gasteiger partial charge on any atom is 0.320 e. The van der Waals surface area contributed by atoms with Gasteiger partial charge in [-0.2, -0.15) is 11.8 Å². The molecule has 0 aliphatic carbocycles. The third-order valence-electron chi connectivity index (χ3n) is 2.34. The number of carboxylic acids is 1. The van der Waals surface area contributed by atoms with E-state index in [1.807, 2.05) is 0 Å². The minimum atomic E-state index is -0.959. The SMILES string of the molecule is NC(CCSCCN1CCNC1=O)C(=O)O. The van der Waals surface area contributed by atoms with Crippen LogP contribution in [0.1, 0.15) is 6.42 Å². The molecule has 0 aromatic heterocycles. The van der Waals surface area contributed by atoms with E-state index >= 15 is 0 Å². The number of amides is 2. The number of rotatable bonds is 7. The molecule has 0 bridgehead atoms. The van der Waals surface area contributed by atoms with Crippen LogP contribution in [0.15, 0.2) is 0 Å². The fourth-order valence-corrected chi connectivity index (χ4v) is 2.31. The lowest BCUT2D eigenvalue weighted by atomic mass is 10.2. The number of carbonyl (C=O) groups excluding carboxylic acids is 1. The molecule has 1 fully saturated rings. The third kappa shape index (κ3) is 4.28. The van der Waals surface area contributed by atoms with Crippen LogP contribution in [0, 0.1) is 0 Å². The summed E-state index contributed by atoms with van der Waals surface area (Å²) >= 11 is 1.62. The fourth-order valence-electron chi connectivity index (χ4n) is 1.34. The molecule has 6 nitrogen and oxygen atoms in total. The van der Waals surface area contributed by atoms with Crippen molar-refractivity contribution in [3.8, 4) is 0 Å². The van der Waals surface area contributed by atoms with E-state index in [-0.39, 0.29) is 6.03 Å². The molecule has 1 rings (SSSR count). The van der Waals surface area contributed by atoms with Gasteiger partial charge < -0.3 is 21.1 Å². The van der Waals surface area contributed by atoms with Crippen molar-refractivity contribution >= 4 is 23.8 Å². The van der Waals surface area contributed by atoms with Crippen molar-refractivity contribution in [2.75, 3.05) is 31.1 Å². The first-order chi connectivity index (χ1) is 7.61. The van der Waals surface area contributed by atoms with Gasteiger partial charge in [0.05, 0.1) is 0 Å². The minimum Gasteiger partial charge on any atom is -0.480 e. The van der Waals surface area contributed by atoms with E-state index in [0.29, 0.717) is 25.3 Å². The lowest BCUT2D eigenvalue weighted by Gasteiger charge is -2.13. The molecule has 1 aliphatic heterocycles. The maximum absolute atomic E-state index is 11.1. The number of carboxylic acid groups (broad SMARTS) is 1. The average molecular weight is 247 g/mol. The molecular weight excluding hydrogens is 230 g/mol. The zero-order valence-corrected chi connectivity index (χ0v) is 9.83. The zero-order valence-electron chi connectivity index (χ0n) is 9.02. The first-order valence-electron chi connectivity index (χ1n) is 5.20. The van der Waals surface area contributed by atoms with Crippen molar-refractivity contribution in [3.05, 3.63) is 0 Å². The van der Waals surface area contributed by atoms with E-state index in [4.69, 9.17) is 10.8 Å². The normalized spacial score (nSPS) is 17.3. The largest absolute Gasteiger partial charge is 0.480 e. The second kappa shape index (κ2) is 6.59. The molecule has 1 heterocycles. The van der Waals surface area contributed by atoms with Crippen molar-refractivity contribution < 1.29 is 14.7 Å².